The second kappa shape index (κ2) is 7.72. The Hall–Kier alpha value is -1.54. The number of hydrogen-bond acceptors (Lipinski definition) is 4. The minimum Gasteiger partial charge on any atom is -0.379 e. The molecule has 1 fully saturated rings. The Balaban J connectivity index is 2.61. The highest BCUT2D eigenvalue weighted by molar-refractivity contribution is 5.97. The normalized spacial score (nSPS) is 16.3. The molecule has 5 heteroatoms. The maximum atomic E-state index is 12.1. The maximum Gasteiger partial charge on any atom is 0.266 e. The van der Waals surface area contributed by atoms with Crippen molar-refractivity contribution in [1.82, 2.24) is 15.1 Å². The molecule has 0 aromatic rings. The van der Waals surface area contributed by atoms with Crippen LogP contribution < -0.4 is 5.32 Å². The molecular formula is C13H22N4O. The zero-order valence-corrected chi connectivity index (χ0v) is 11.3. The number of piperazine rings is 1. The SMILES string of the molecule is CCCCN(C)/C=C(/C#N)C(=O)N1CCNCC1. The van der Waals surface area contributed by atoms with Crippen molar-refractivity contribution in [3.8, 4) is 6.07 Å². The molecule has 1 heterocycles. The number of nitriles is 1. The van der Waals surface area contributed by atoms with Gasteiger partial charge in [0.1, 0.15) is 11.6 Å². The van der Waals surface area contributed by atoms with E-state index in [2.05, 4.69) is 12.2 Å². The molecule has 1 aliphatic rings. The van der Waals surface area contributed by atoms with Gasteiger partial charge in [0.15, 0.2) is 0 Å². The first-order valence-corrected chi connectivity index (χ1v) is 6.51. The van der Waals surface area contributed by atoms with Gasteiger partial charge in [0.25, 0.3) is 5.91 Å². The van der Waals surface area contributed by atoms with E-state index in [1.54, 1.807) is 11.1 Å². The predicted molar refractivity (Wildman–Crippen MR) is 70.7 cm³/mol. The quantitative estimate of drug-likeness (QED) is 0.572. The summed E-state index contributed by atoms with van der Waals surface area (Å²) in [4.78, 5) is 15.8. The van der Waals surface area contributed by atoms with Crippen LogP contribution in [0.15, 0.2) is 11.8 Å². The fraction of sp³-hybridized carbons (Fsp3) is 0.692. The number of carbonyl (C=O) groups is 1. The molecular weight excluding hydrogens is 228 g/mol. The van der Waals surface area contributed by atoms with Crippen LogP contribution in [-0.4, -0.2) is 55.5 Å². The van der Waals surface area contributed by atoms with Crippen molar-refractivity contribution in [2.75, 3.05) is 39.8 Å². The van der Waals surface area contributed by atoms with Crippen molar-refractivity contribution in [3.63, 3.8) is 0 Å². The molecule has 0 radical (unpaired) electrons. The third-order valence-corrected chi connectivity index (χ3v) is 2.97. The molecule has 1 N–H and O–H groups in total. The number of amides is 1. The van der Waals surface area contributed by atoms with Gasteiger partial charge >= 0.3 is 0 Å². The van der Waals surface area contributed by atoms with Crippen LogP contribution in [0.2, 0.25) is 0 Å². The number of hydrogen-bond donors (Lipinski definition) is 1. The average Bonchev–Trinajstić information content (AvgIpc) is 2.42. The molecule has 1 saturated heterocycles. The summed E-state index contributed by atoms with van der Waals surface area (Å²) in [7, 11) is 1.90. The van der Waals surface area contributed by atoms with E-state index >= 15 is 0 Å². The second-order valence-corrected chi connectivity index (χ2v) is 4.53. The van der Waals surface area contributed by atoms with Crippen LogP contribution in [0.5, 0.6) is 0 Å². The Morgan fingerprint density at radius 3 is 2.72 bits per heavy atom. The summed E-state index contributed by atoms with van der Waals surface area (Å²) in [6.07, 6.45) is 3.83. The number of nitrogens with zero attached hydrogens (tertiary/aromatic N) is 3. The molecule has 0 bridgehead atoms. The van der Waals surface area contributed by atoms with Crippen LogP contribution in [0.4, 0.5) is 0 Å². The van der Waals surface area contributed by atoms with Crippen molar-refractivity contribution in [1.29, 1.82) is 5.26 Å². The van der Waals surface area contributed by atoms with Crippen LogP contribution in [0.25, 0.3) is 0 Å². The highest BCUT2D eigenvalue weighted by Gasteiger charge is 2.20. The number of nitrogens with one attached hydrogen (secondary N) is 1. The predicted octanol–water partition coefficient (Wildman–Crippen LogP) is 0.558. The number of rotatable bonds is 5. The molecule has 18 heavy (non-hydrogen) atoms. The molecule has 1 rings (SSSR count). The molecule has 1 aliphatic heterocycles. The van der Waals surface area contributed by atoms with E-state index in [-0.39, 0.29) is 11.5 Å². The molecule has 0 aromatic heterocycles. The lowest BCUT2D eigenvalue weighted by Gasteiger charge is -2.27. The van der Waals surface area contributed by atoms with Gasteiger partial charge in [0.2, 0.25) is 0 Å². The lowest BCUT2D eigenvalue weighted by Crippen LogP contribution is -2.46. The van der Waals surface area contributed by atoms with E-state index in [1.807, 2.05) is 18.0 Å². The van der Waals surface area contributed by atoms with Crippen LogP contribution in [0.1, 0.15) is 19.8 Å². The zero-order chi connectivity index (χ0) is 13.4. The van der Waals surface area contributed by atoms with Gasteiger partial charge in [0.05, 0.1) is 0 Å². The summed E-state index contributed by atoms with van der Waals surface area (Å²) in [6.45, 7) is 5.95. The monoisotopic (exact) mass is 250 g/mol. The fourth-order valence-corrected chi connectivity index (χ4v) is 1.86. The Bertz CT molecular complexity index is 339. The van der Waals surface area contributed by atoms with Crippen molar-refractivity contribution < 1.29 is 4.79 Å². The lowest BCUT2D eigenvalue weighted by molar-refractivity contribution is -0.127. The summed E-state index contributed by atoms with van der Waals surface area (Å²) >= 11 is 0. The van der Waals surface area contributed by atoms with Gasteiger partial charge in [-0.2, -0.15) is 5.26 Å². The minimum atomic E-state index is -0.151. The average molecular weight is 250 g/mol. The first-order valence-electron chi connectivity index (χ1n) is 6.51. The summed E-state index contributed by atoms with van der Waals surface area (Å²) in [5.74, 6) is -0.151. The van der Waals surface area contributed by atoms with Gasteiger partial charge in [-0.05, 0) is 6.42 Å². The van der Waals surface area contributed by atoms with Crippen LogP contribution >= 0.6 is 0 Å². The molecule has 0 unspecified atom stereocenters. The standard InChI is InChI=1S/C13H22N4O/c1-3-4-7-16(2)11-12(10-14)13(18)17-8-5-15-6-9-17/h11,15H,3-9H2,1-2H3/b12-11-. The Kier molecular flexibility index (Phi) is 6.23. The summed E-state index contributed by atoms with van der Waals surface area (Å²) in [6, 6.07) is 2.01. The molecule has 0 aliphatic carbocycles. The summed E-state index contributed by atoms with van der Waals surface area (Å²) in [5, 5.41) is 12.3. The maximum absolute atomic E-state index is 12.1. The van der Waals surface area contributed by atoms with Crippen molar-refractivity contribution >= 4 is 5.91 Å². The van der Waals surface area contributed by atoms with Gasteiger partial charge in [-0.1, -0.05) is 13.3 Å². The van der Waals surface area contributed by atoms with E-state index in [4.69, 9.17) is 5.26 Å². The van der Waals surface area contributed by atoms with E-state index in [0.717, 1.165) is 32.5 Å². The fourth-order valence-electron chi connectivity index (χ4n) is 1.86. The van der Waals surface area contributed by atoms with Crippen LogP contribution in [0.3, 0.4) is 0 Å². The topological polar surface area (TPSA) is 59.4 Å². The third-order valence-electron chi connectivity index (χ3n) is 2.97. The molecule has 5 nitrogen and oxygen atoms in total. The van der Waals surface area contributed by atoms with Crippen molar-refractivity contribution in [3.05, 3.63) is 11.8 Å². The van der Waals surface area contributed by atoms with Crippen LogP contribution in [-0.2, 0) is 4.79 Å². The largest absolute Gasteiger partial charge is 0.379 e. The molecule has 0 atom stereocenters. The minimum absolute atomic E-state index is 0.151. The van der Waals surface area contributed by atoms with Gasteiger partial charge in [0, 0.05) is 46.0 Å². The van der Waals surface area contributed by atoms with E-state index < -0.39 is 0 Å². The lowest BCUT2D eigenvalue weighted by atomic mass is 10.2. The van der Waals surface area contributed by atoms with Crippen LogP contribution in [0, 0.1) is 11.3 Å². The highest BCUT2D eigenvalue weighted by Crippen LogP contribution is 2.05. The Morgan fingerprint density at radius 2 is 2.17 bits per heavy atom. The number of unbranched alkanes of at least 4 members (excludes halogenated alkanes) is 1. The first-order chi connectivity index (χ1) is 8.69. The summed E-state index contributed by atoms with van der Waals surface area (Å²) in [5.41, 5.74) is 0.232. The van der Waals surface area contributed by atoms with Gasteiger partial charge < -0.3 is 15.1 Å². The molecule has 0 saturated carbocycles. The molecule has 100 valence electrons. The van der Waals surface area contributed by atoms with Crippen molar-refractivity contribution in [2.24, 2.45) is 0 Å². The van der Waals surface area contributed by atoms with Crippen molar-refractivity contribution in [2.45, 2.75) is 19.8 Å². The molecule has 0 spiro atoms. The first kappa shape index (κ1) is 14.5. The Morgan fingerprint density at radius 1 is 1.50 bits per heavy atom. The smallest absolute Gasteiger partial charge is 0.266 e. The van der Waals surface area contributed by atoms with Gasteiger partial charge in [-0.15, -0.1) is 0 Å². The van der Waals surface area contributed by atoms with E-state index in [0.29, 0.717) is 13.1 Å². The van der Waals surface area contributed by atoms with Gasteiger partial charge in [-0.3, -0.25) is 4.79 Å². The number of carbonyl (C=O) groups excluding carboxylic acids is 1. The second-order valence-electron chi connectivity index (χ2n) is 4.53. The molecule has 1 amide bonds. The highest BCUT2D eigenvalue weighted by atomic mass is 16.2. The van der Waals surface area contributed by atoms with Gasteiger partial charge in [-0.25, -0.2) is 0 Å². The van der Waals surface area contributed by atoms with E-state index in [1.165, 1.54) is 0 Å². The van der Waals surface area contributed by atoms with E-state index in [9.17, 15) is 4.79 Å². The summed E-state index contributed by atoms with van der Waals surface area (Å²) < 4.78 is 0. The third kappa shape index (κ3) is 4.38. The zero-order valence-electron chi connectivity index (χ0n) is 11.3. The molecule has 0 aromatic carbocycles. The Labute approximate surface area is 109 Å².